The summed E-state index contributed by atoms with van der Waals surface area (Å²) in [6.45, 7) is 3.44. The monoisotopic (exact) mass is 362 g/mol. The minimum absolute atomic E-state index is 0.0174. The van der Waals surface area contributed by atoms with Crippen molar-refractivity contribution in [2.45, 2.75) is 50.5 Å². The Balaban J connectivity index is 2.02. The van der Waals surface area contributed by atoms with Crippen LogP contribution in [0.4, 0.5) is 0 Å². The average Bonchev–Trinajstić information content (AvgIpc) is 2.80. The Morgan fingerprint density at radius 1 is 1.16 bits per heavy atom. The number of imide groups is 2. The van der Waals surface area contributed by atoms with Gasteiger partial charge in [0.15, 0.2) is 0 Å². The quantitative estimate of drug-likeness (QED) is 0.833. The van der Waals surface area contributed by atoms with Crippen LogP contribution in [-0.4, -0.2) is 34.1 Å². The number of hydrogen-bond acceptors (Lipinski definition) is 4. The van der Waals surface area contributed by atoms with Crippen molar-refractivity contribution in [3.63, 3.8) is 0 Å². The van der Waals surface area contributed by atoms with Gasteiger partial charge in [-0.05, 0) is 37.5 Å². The van der Waals surface area contributed by atoms with E-state index in [1.807, 2.05) is 0 Å². The number of hydrogen-bond donors (Lipinski definition) is 1. The molecule has 0 saturated carbocycles. The van der Waals surface area contributed by atoms with Gasteiger partial charge in [0, 0.05) is 17.9 Å². The Morgan fingerprint density at radius 3 is 2.36 bits per heavy atom. The molecule has 1 aromatic rings. The van der Waals surface area contributed by atoms with Crippen LogP contribution in [0.15, 0.2) is 24.3 Å². The van der Waals surface area contributed by atoms with E-state index in [9.17, 15) is 19.2 Å². The number of halogens is 1. The van der Waals surface area contributed by atoms with E-state index in [2.05, 4.69) is 5.32 Å². The van der Waals surface area contributed by atoms with Crippen LogP contribution >= 0.6 is 11.6 Å². The maximum Gasteiger partial charge on any atom is 0.253 e. The Kier molecular flexibility index (Phi) is 4.19. The molecular weight excluding hydrogens is 344 g/mol. The van der Waals surface area contributed by atoms with E-state index in [1.165, 1.54) is 0 Å². The number of likely N-dealkylation sites (tertiary alicyclic amines) is 1. The third kappa shape index (κ3) is 2.56. The van der Waals surface area contributed by atoms with Crippen molar-refractivity contribution in [3.05, 3.63) is 34.9 Å². The number of carbonyl (C=O) groups excluding carboxylic acids is 4. The lowest BCUT2D eigenvalue weighted by atomic mass is 9.80. The molecule has 3 rings (SSSR count). The summed E-state index contributed by atoms with van der Waals surface area (Å²) in [5.74, 6) is -1.76. The summed E-state index contributed by atoms with van der Waals surface area (Å²) in [4.78, 5) is 51.1. The van der Waals surface area contributed by atoms with Gasteiger partial charge >= 0.3 is 0 Å². The van der Waals surface area contributed by atoms with Crippen LogP contribution in [0.25, 0.3) is 0 Å². The third-order valence-corrected chi connectivity index (χ3v) is 5.62. The second-order valence-electron chi connectivity index (χ2n) is 6.81. The molecule has 4 amide bonds. The molecular formula is C18H19ClN2O4. The van der Waals surface area contributed by atoms with Crippen LogP contribution in [0.5, 0.6) is 0 Å². The molecule has 7 heteroatoms. The van der Waals surface area contributed by atoms with Crippen LogP contribution in [-0.2, 0) is 24.6 Å². The molecule has 25 heavy (non-hydrogen) atoms. The van der Waals surface area contributed by atoms with Crippen molar-refractivity contribution >= 4 is 35.2 Å². The SMILES string of the molecule is CCC1(N2C(=O)CC(C)(c3ccc(Cl)cc3)C2=O)CCC(=O)NC1=O. The van der Waals surface area contributed by atoms with Crippen molar-refractivity contribution in [1.29, 1.82) is 0 Å². The first-order valence-electron chi connectivity index (χ1n) is 8.22. The minimum Gasteiger partial charge on any atom is -0.294 e. The summed E-state index contributed by atoms with van der Waals surface area (Å²) < 4.78 is 0. The van der Waals surface area contributed by atoms with Crippen molar-refractivity contribution in [2.24, 2.45) is 0 Å². The second kappa shape index (κ2) is 5.95. The summed E-state index contributed by atoms with van der Waals surface area (Å²) >= 11 is 5.91. The van der Waals surface area contributed by atoms with Gasteiger partial charge in [0.1, 0.15) is 5.54 Å². The zero-order valence-corrected chi connectivity index (χ0v) is 14.9. The molecule has 132 valence electrons. The fraction of sp³-hybridized carbons (Fsp3) is 0.444. The molecule has 6 nitrogen and oxygen atoms in total. The third-order valence-electron chi connectivity index (χ3n) is 5.36. The highest BCUT2D eigenvalue weighted by molar-refractivity contribution is 6.30. The van der Waals surface area contributed by atoms with Crippen molar-refractivity contribution in [1.82, 2.24) is 10.2 Å². The molecule has 2 aliphatic heterocycles. The molecule has 2 fully saturated rings. The molecule has 0 aromatic heterocycles. The fourth-order valence-electron chi connectivity index (χ4n) is 3.74. The smallest absolute Gasteiger partial charge is 0.253 e. The number of nitrogens with zero attached hydrogens (tertiary/aromatic N) is 1. The lowest BCUT2D eigenvalue weighted by Gasteiger charge is -2.41. The second-order valence-corrected chi connectivity index (χ2v) is 7.25. The molecule has 0 radical (unpaired) electrons. The van der Waals surface area contributed by atoms with Crippen molar-refractivity contribution in [3.8, 4) is 0 Å². The standard InChI is InChI=1S/C18H19ClN2O4/c1-3-18(9-8-13(22)20-15(18)24)21-14(23)10-17(2,16(21)25)11-4-6-12(19)7-5-11/h4-7H,3,8-10H2,1-2H3,(H,20,22,24). The lowest BCUT2D eigenvalue weighted by molar-refractivity contribution is -0.159. The van der Waals surface area contributed by atoms with Crippen LogP contribution in [0.1, 0.15) is 45.1 Å². The van der Waals surface area contributed by atoms with Crippen LogP contribution in [0, 0.1) is 0 Å². The molecule has 2 unspecified atom stereocenters. The van der Waals surface area contributed by atoms with Crippen molar-refractivity contribution in [2.75, 3.05) is 0 Å². The summed E-state index contributed by atoms with van der Waals surface area (Å²) in [6, 6.07) is 6.79. The van der Waals surface area contributed by atoms with Gasteiger partial charge in [-0.15, -0.1) is 0 Å². The van der Waals surface area contributed by atoms with E-state index in [0.717, 1.165) is 4.90 Å². The van der Waals surface area contributed by atoms with E-state index in [-0.39, 0.29) is 31.6 Å². The molecule has 2 atom stereocenters. The van der Waals surface area contributed by atoms with Gasteiger partial charge in [-0.3, -0.25) is 29.4 Å². The largest absolute Gasteiger partial charge is 0.294 e. The Morgan fingerprint density at radius 2 is 1.80 bits per heavy atom. The predicted octanol–water partition coefficient (Wildman–Crippen LogP) is 1.94. The van der Waals surface area contributed by atoms with Gasteiger partial charge < -0.3 is 0 Å². The van der Waals surface area contributed by atoms with Crippen LogP contribution < -0.4 is 5.32 Å². The summed E-state index contributed by atoms with van der Waals surface area (Å²) in [6.07, 6.45) is 0.507. The highest BCUT2D eigenvalue weighted by atomic mass is 35.5. The van der Waals surface area contributed by atoms with Crippen LogP contribution in [0.3, 0.4) is 0 Å². The van der Waals surface area contributed by atoms with Gasteiger partial charge in [-0.1, -0.05) is 30.7 Å². The topological polar surface area (TPSA) is 83.6 Å². The maximum absolute atomic E-state index is 13.2. The van der Waals surface area contributed by atoms with Gasteiger partial charge in [0.05, 0.1) is 5.41 Å². The fourth-order valence-corrected chi connectivity index (χ4v) is 3.87. The molecule has 1 aromatic carbocycles. The highest BCUT2D eigenvalue weighted by Gasteiger charge is 2.59. The molecule has 0 spiro atoms. The van der Waals surface area contributed by atoms with E-state index < -0.39 is 28.7 Å². The van der Waals surface area contributed by atoms with Gasteiger partial charge in [-0.2, -0.15) is 0 Å². The molecule has 2 heterocycles. The van der Waals surface area contributed by atoms with E-state index in [1.54, 1.807) is 38.1 Å². The van der Waals surface area contributed by atoms with E-state index in [0.29, 0.717) is 10.6 Å². The summed E-state index contributed by atoms with van der Waals surface area (Å²) in [7, 11) is 0. The zero-order chi connectivity index (χ0) is 18.4. The number of carbonyl (C=O) groups is 4. The van der Waals surface area contributed by atoms with E-state index in [4.69, 9.17) is 11.6 Å². The number of nitrogens with one attached hydrogen (secondary N) is 1. The lowest BCUT2D eigenvalue weighted by Crippen LogP contribution is -2.64. The first kappa shape index (κ1) is 17.6. The van der Waals surface area contributed by atoms with Crippen molar-refractivity contribution < 1.29 is 19.2 Å². The minimum atomic E-state index is -1.30. The van der Waals surface area contributed by atoms with Gasteiger partial charge in [-0.25, -0.2) is 0 Å². The number of amides is 4. The summed E-state index contributed by atoms with van der Waals surface area (Å²) in [5.41, 5.74) is -1.67. The Labute approximate surface area is 150 Å². The predicted molar refractivity (Wildman–Crippen MR) is 90.7 cm³/mol. The Hall–Kier alpha value is -2.21. The molecule has 1 N–H and O–H groups in total. The number of rotatable bonds is 3. The zero-order valence-electron chi connectivity index (χ0n) is 14.1. The number of piperidine rings is 1. The van der Waals surface area contributed by atoms with E-state index >= 15 is 0 Å². The Bertz CT molecular complexity index is 776. The maximum atomic E-state index is 13.2. The first-order chi connectivity index (χ1) is 11.7. The van der Waals surface area contributed by atoms with Gasteiger partial charge in [0.2, 0.25) is 17.7 Å². The molecule has 0 bridgehead atoms. The average molecular weight is 363 g/mol. The molecule has 2 saturated heterocycles. The first-order valence-corrected chi connectivity index (χ1v) is 8.60. The summed E-state index contributed by atoms with van der Waals surface area (Å²) in [5, 5.41) is 2.81. The highest BCUT2D eigenvalue weighted by Crippen LogP contribution is 2.42. The van der Waals surface area contributed by atoms with Crippen LogP contribution in [0.2, 0.25) is 5.02 Å². The molecule has 2 aliphatic rings. The number of benzene rings is 1. The van der Waals surface area contributed by atoms with Gasteiger partial charge in [0.25, 0.3) is 5.91 Å². The normalized spacial score (nSPS) is 30.0. The molecule has 0 aliphatic carbocycles.